The number of carbonyl (C=O) groups excluding carboxylic acids is 1. The number of hydrogen-bond acceptors (Lipinski definition) is 5. The highest BCUT2D eigenvalue weighted by atomic mass is 32.2. The van der Waals surface area contributed by atoms with Gasteiger partial charge in [-0.1, -0.05) is 6.92 Å². The van der Waals surface area contributed by atoms with E-state index in [1.54, 1.807) is 12.3 Å². The van der Waals surface area contributed by atoms with Crippen molar-refractivity contribution in [3.8, 4) is 0 Å². The van der Waals surface area contributed by atoms with Gasteiger partial charge >= 0.3 is 16.6 Å². The summed E-state index contributed by atoms with van der Waals surface area (Å²) in [5.74, 6) is 0. The molecule has 1 N–H and O–H groups in total. The zero-order chi connectivity index (χ0) is 9.56. The molecule has 7 heteroatoms. The van der Waals surface area contributed by atoms with Gasteiger partial charge in [0.05, 0.1) is 0 Å². The van der Waals surface area contributed by atoms with Gasteiger partial charge in [-0.3, -0.25) is 0 Å². The van der Waals surface area contributed by atoms with Gasteiger partial charge in [-0.15, -0.1) is 0 Å². The molecular formula is C5H10N2O4S. The van der Waals surface area contributed by atoms with Crippen LogP contribution in [0.25, 0.3) is 0 Å². The lowest BCUT2D eigenvalue weighted by atomic mass is 10.3. The predicted molar refractivity (Wildman–Crippen MR) is 40.7 cm³/mol. The average molecular weight is 194 g/mol. The van der Waals surface area contributed by atoms with Crippen molar-refractivity contribution in [2.45, 2.75) is 26.4 Å². The molecule has 0 aromatic rings. The zero-order valence-electron chi connectivity index (χ0n) is 6.77. The third-order valence-electron chi connectivity index (χ3n) is 1.09. The number of rotatable bonds is 3. The van der Waals surface area contributed by atoms with Crippen LogP contribution in [-0.4, -0.2) is 20.6 Å². The van der Waals surface area contributed by atoms with Crippen LogP contribution < -0.4 is 5.43 Å². The van der Waals surface area contributed by atoms with Crippen molar-refractivity contribution < 1.29 is 17.9 Å². The first-order chi connectivity index (χ1) is 5.56. The molecule has 0 aromatic carbocycles. The minimum atomic E-state index is -2.64. The highest BCUT2D eigenvalue weighted by Crippen LogP contribution is 1.95. The highest BCUT2D eigenvalue weighted by molar-refractivity contribution is 7.61. The molecule has 0 aliphatic heterocycles. The van der Waals surface area contributed by atoms with Crippen molar-refractivity contribution in [3.05, 3.63) is 0 Å². The maximum Gasteiger partial charge on any atom is 0.428 e. The quantitative estimate of drug-likeness (QED) is 0.662. The molecule has 0 saturated heterocycles. The summed E-state index contributed by atoms with van der Waals surface area (Å²) >= 11 is 0. The second kappa shape index (κ2) is 5.53. The van der Waals surface area contributed by atoms with E-state index >= 15 is 0 Å². The number of hydrogen-bond donors (Lipinski definition) is 1. The second-order valence-corrected chi connectivity index (χ2v) is 2.66. The van der Waals surface area contributed by atoms with E-state index in [0.717, 1.165) is 0 Å². The van der Waals surface area contributed by atoms with E-state index in [0.29, 0.717) is 6.42 Å². The molecule has 0 aliphatic carbocycles. The van der Waals surface area contributed by atoms with Crippen molar-refractivity contribution >= 4 is 16.6 Å². The van der Waals surface area contributed by atoms with E-state index < -0.39 is 16.6 Å². The van der Waals surface area contributed by atoms with Crippen LogP contribution in [0.3, 0.4) is 0 Å². The summed E-state index contributed by atoms with van der Waals surface area (Å²) in [6.07, 6.45) is -0.456. The predicted octanol–water partition coefficient (Wildman–Crippen LogP) is 0.489. The molecule has 0 bridgehead atoms. The summed E-state index contributed by atoms with van der Waals surface area (Å²) in [7, 11) is -2.64. The van der Waals surface area contributed by atoms with E-state index in [1.807, 2.05) is 6.92 Å². The summed E-state index contributed by atoms with van der Waals surface area (Å²) in [4.78, 5) is 10.6. The van der Waals surface area contributed by atoms with Gasteiger partial charge in [-0.05, 0) is 17.8 Å². The maximum atomic E-state index is 10.6. The van der Waals surface area contributed by atoms with Gasteiger partial charge in [0.15, 0.2) is 0 Å². The van der Waals surface area contributed by atoms with Crippen LogP contribution in [0, 0.1) is 0 Å². The SMILES string of the molecule is CCC(C)OC(=O)NN=S(=O)=O. The van der Waals surface area contributed by atoms with Crippen LogP contribution in [-0.2, 0) is 15.2 Å². The standard InChI is InChI=1S/C5H10N2O4S/c1-3-4(2)11-5(8)6-7-12(9)10/h4H,3H2,1-2H3,(H,6,8). The van der Waals surface area contributed by atoms with Crippen molar-refractivity contribution in [3.63, 3.8) is 0 Å². The molecule has 70 valence electrons. The molecule has 0 fully saturated rings. The molecule has 0 radical (unpaired) electrons. The molecule has 1 unspecified atom stereocenters. The lowest BCUT2D eigenvalue weighted by Crippen LogP contribution is -2.23. The first kappa shape index (κ1) is 10.9. The molecule has 0 spiro atoms. The Labute approximate surface area is 71.6 Å². The fraction of sp³-hybridized carbons (Fsp3) is 0.800. The first-order valence-corrected chi connectivity index (χ1v) is 4.36. The Morgan fingerprint density at radius 2 is 2.25 bits per heavy atom. The zero-order valence-corrected chi connectivity index (χ0v) is 7.59. The average Bonchev–Trinajstić information content (AvgIpc) is 2.00. The summed E-state index contributed by atoms with van der Waals surface area (Å²) in [6, 6.07) is 0. The highest BCUT2D eigenvalue weighted by Gasteiger charge is 2.05. The van der Waals surface area contributed by atoms with E-state index in [-0.39, 0.29) is 6.10 Å². The largest absolute Gasteiger partial charge is 0.445 e. The Balaban J connectivity index is 3.83. The molecule has 0 heterocycles. The fourth-order valence-corrected chi connectivity index (χ4v) is 0.516. The lowest BCUT2D eigenvalue weighted by Gasteiger charge is -2.08. The summed E-state index contributed by atoms with van der Waals surface area (Å²) in [5.41, 5.74) is 1.70. The Hall–Kier alpha value is -1.11. The van der Waals surface area contributed by atoms with Gasteiger partial charge in [0.25, 0.3) is 0 Å². The number of amides is 1. The van der Waals surface area contributed by atoms with E-state index in [1.165, 1.54) is 0 Å². The van der Waals surface area contributed by atoms with Crippen LogP contribution >= 0.6 is 0 Å². The lowest BCUT2D eigenvalue weighted by molar-refractivity contribution is 0.105. The van der Waals surface area contributed by atoms with Crippen LogP contribution in [0.4, 0.5) is 4.79 Å². The van der Waals surface area contributed by atoms with Gasteiger partial charge in [-0.25, -0.2) is 4.79 Å². The minimum absolute atomic E-state index is 0.250. The second-order valence-electron chi connectivity index (χ2n) is 2.04. The molecule has 1 atom stereocenters. The van der Waals surface area contributed by atoms with Crippen LogP contribution in [0.2, 0.25) is 0 Å². The van der Waals surface area contributed by atoms with Crippen LogP contribution in [0.5, 0.6) is 0 Å². The van der Waals surface area contributed by atoms with Crippen molar-refractivity contribution in [1.29, 1.82) is 0 Å². The smallest absolute Gasteiger partial charge is 0.428 e. The Bertz CT molecular complexity index is 263. The Morgan fingerprint density at radius 3 is 2.67 bits per heavy atom. The van der Waals surface area contributed by atoms with E-state index in [4.69, 9.17) is 0 Å². The topological polar surface area (TPSA) is 84.8 Å². The van der Waals surface area contributed by atoms with Crippen molar-refractivity contribution in [2.75, 3.05) is 0 Å². The number of ether oxygens (including phenoxy) is 1. The van der Waals surface area contributed by atoms with Gasteiger partial charge < -0.3 is 4.74 Å². The third-order valence-corrected chi connectivity index (χ3v) is 1.33. The third kappa shape index (κ3) is 5.66. The molecule has 0 aliphatic rings. The molecule has 0 aromatic heterocycles. The molecular weight excluding hydrogens is 184 g/mol. The Kier molecular flexibility index (Phi) is 5.02. The molecule has 12 heavy (non-hydrogen) atoms. The van der Waals surface area contributed by atoms with Gasteiger partial charge in [0.1, 0.15) is 6.10 Å². The molecule has 1 amide bonds. The van der Waals surface area contributed by atoms with Crippen LogP contribution in [0.15, 0.2) is 4.47 Å². The maximum absolute atomic E-state index is 10.6. The number of nitrogens with one attached hydrogen (secondary N) is 1. The van der Waals surface area contributed by atoms with Crippen molar-refractivity contribution in [2.24, 2.45) is 4.47 Å². The fourth-order valence-electron chi connectivity index (χ4n) is 0.367. The minimum Gasteiger partial charge on any atom is -0.445 e. The van der Waals surface area contributed by atoms with Crippen LogP contribution in [0.1, 0.15) is 20.3 Å². The van der Waals surface area contributed by atoms with Gasteiger partial charge in [0.2, 0.25) is 0 Å². The normalized spacial score (nSPS) is 11.5. The van der Waals surface area contributed by atoms with E-state index in [9.17, 15) is 13.2 Å². The van der Waals surface area contributed by atoms with Crippen molar-refractivity contribution in [1.82, 2.24) is 5.43 Å². The first-order valence-electron chi connectivity index (χ1n) is 3.33. The Morgan fingerprint density at radius 1 is 1.67 bits per heavy atom. The monoisotopic (exact) mass is 194 g/mol. The summed E-state index contributed by atoms with van der Waals surface area (Å²) < 4.78 is 27.0. The van der Waals surface area contributed by atoms with Gasteiger partial charge in [-0.2, -0.15) is 13.8 Å². The number of carbonyl (C=O) groups is 1. The molecule has 0 saturated carbocycles. The molecule has 6 nitrogen and oxygen atoms in total. The molecule has 0 rings (SSSR count). The summed E-state index contributed by atoms with van der Waals surface area (Å²) in [6.45, 7) is 3.52. The number of nitrogens with zero attached hydrogens (tertiary/aromatic N) is 1. The van der Waals surface area contributed by atoms with E-state index in [2.05, 4.69) is 9.21 Å². The van der Waals surface area contributed by atoms with Gasteiger partial charge in [0, 0.05) is 0 Å². The summed E-state index contributed by atoms with van der Waals surface area (Å²) in [5, 5.41) is 0.